The first kappa shape index (κ1) is 11.1. The molecule has 0 radical (unpaired) electrons. The number of H-pyrrole nitrogens is 1. The van der Waals surface area contributed by atoms with E-state index < -0.39 is 35.6 Å². The van der Waals surface area contributed by atoms with Crippen molar-refractivity contribution in [2.24, 2.45) is 0 Å². The maximum atomic E-state index is 11.4. The quantitative estimate of drug-likeness (QED) is 0.426. The van der Waals surface area contributed by atoms with Crippen LogP contribution in [-0.4, -0.2) is 43.2 Å². The van der Waals surface area contributed by atoms with Crippen LogP contribution in [0.4, 0.5) is 0 Å². The van der Waals surface area contributed by atoms with Crippen LogP contribution in [0.5, 0.6) is 0 Å². The number of aliphatic hydroxyl groups excluding tert-OH is 3. The molecule has 1 aliphatic rings. The molecule has 1 aliphatic carbocycles. The van der Waals surface area contributed by atoms with E-state index in [4.69, 9.17) is 0 Å². The fourth-order valence-electron chi connectivity index (χ4n) is 1.95. The van der Waals surface area contributed by atoms with Crippen LogP contribution in [-0.2, 0) is 0 Å². The van der Waals surface area contributed by atoms with Gasteiger partial charge in [0.25, 0.3) is 5.56 Å². The standard InChI is InChI=1S/C9H12N2O5/c12-5-3-4(7(14)8(5)15)11-2-1-6(13)10-9(11)16/h1-2,4-5,7-8,12,14-15H,3H2,(H,10,13,16)/t4-,5+,7+,8-/m0/s1. The van der Waals surface area contributed by atoms with E-state index in [-0.39, 0.29) is 6.42 Å². The molecule has 2 rings (SSSR count). The molecule has 0 aliphatic heterocycles. The smallest absolute Gasteiger partial charge is 0.328 e. The number of aromatic amines is 1. The Morgan fingerprint density at radius 1 is 1.25 bits per heavy atom. The summed E-state index contributed by atoms with van der Waals surface area (Å²) in [6.45, 7) is 0. The molecule has 4 atom stereocenters. The van der Waals surface area contributed by atoms with Crippen LogP contribution in [0, 0.1) is 0 Å². The van der Waals surface area contributed by atoms with Gasteiger partial charge in [-0.3, -0.25) is 14.3 Å². The van der Waals surface area contributed by atoms with E-state index in [9.17, 15) is 24.9 Å². The van der Waals surface area contributed by atoms with Crippen molar-refractivity contribution < 1.29 is 15.3 Å². The molecule has 4 N–H and O–H groups in total. The highest BCUT2D eigenvalue weighted by Crippen LogP contribution is 2.29. The maximum Gasteiger partial charge on any atom is 0.328 e. The molecule has 0 saturated heterocycles. The zero-order valence-corrected chi connectivity index (χ0v) is 8.28. The third-order valence-corrected chi connectivity index (χ3v) is 2.83. The molecule has 88 valence electrons. The van der Waals surface area contributed by atoms with Gasteiger partial charge in [0.15, 0.2) is 0 Å². The van der Waals surface area contributed by atoms with Crippen molar-refractivity contribution >= 4 is 0 Å². The Morgan fingerprint density at radius 3 is 2.44 bits per heavy atom. The van der Waals surface area contributed by atoms with E-state index in [0.717, 1.165) is 10.6 Å². The van der Waals surface area contributed by atoms with Gasteiger partial charge in [-0.15, -0.1) is 0 Å². The van der Waals surface area contributed by atoms with Crippen molar-refractivity contribution in [3.63, 3.8) is 0 Å². The number of aliphatic hydroxyl groups is 3. The Kier molecular flexibility index (Phi) is 2.66. The highest BCUT2D eigenvalue weighted by Gasteiger charge is 2.41. The predicted octanol–water partition coefficient (Wildman–Crippen LogP) is -2.44. The second kappa shape index (κ2) is 3.85. The van der Waals surface area contributed by atoms with E-state index in [1.165, 1.54) is 6.20 Å². The monoisotopic (exact) mass is 228 g/mol. The second-order valence-electron chi connectivity index (χ2n) is 3.87. The zero-order chi connectivity index (χ0) is 11.9. The Morgan fingerprint density at radius 2 is 1.94 bits per heavy atom. The summed E-state index contributed by atoms with van der Waals surface area (Å²) in [5, 5.41) is 28.3. The van der Waals surface area contributed by atoms with Gasteiger partial charge in [-0.1, -0.05) is 0 Å². The zero-order valence-electron chi connectivity index (χ0n) is 8.28. The van der Waals surface area contributed by atoms with Crippen LogP contribution in [0.15, 0.2) is 21.9 Å². The largest absolute Gasteiger partial charge is 0.390 e. The molecule has 0 amide bonds. The molecular weight excluding hydrogens is 216 g/mol. The van der Waals surface area contributed by atoms with Gasteiger partial charge in [0, 0.05) is 12.3 Å². The van der Waals surface area contributed by atoms with E-state index in [0.29, 0.717) is 0 Å². The molecule has 7 nitrogen and oxygen atoms in total. The first-order chi connectivity index (χ1) is 7.50. The van der Waals surface area contributed by atoms with Gasteiger partial charge in [0.2, 0.25) is 0 Å². The minimum absolute atomic E-state index is 0.0638. The minimum atomic E-state index is -1.27. The Hall–Kier alpha value is -1.44. The average Bonchev–Trinajstić information content (AvgIpc) is 2.46. The van der Waals surface area contributed by atoms with Crippen LogP contribution in [0.1, 0.15) is 12.5 Å². The van der Waals surface area contributed by atoms with Gasteiger partial charge in [0.05, 0.1) is 12.1 Å². The maximum absolute atomic E-state index is 11.4. The summed E-state index contributed by atoms with van der Waals surface area (Å²) in [6.07, 6.45) is -2.27. The summed E-state index contributed by atoms with van der Waals surface area (Å²) >= 11 is 0. The van der Waals surface area contributed by atoms with Crippen molar-refractivity contribution in [3.8, 4) is 0 Å². The van der Waals surface area contributed by atoms with Crippen LogP contribution in [0.3, 0.4) is 0 Å². The molecule has 1 heterocycles. The number of nitrogens with one attached hydrogen (secondary N) is 1. The molecule has 0 aromatic carbocycles. The first-order valence-corrected chi connectivity index (χ1v) is 4.86. The van der Waals surface area contributed by atoms with Crippen molar-refractivity contribution in [2.75, 3.05) is 0 Å². The lowest BCUT2D eigenvalue weighted by Crippen LogP contribution is -2.37. The van der Waals surface area contributed by atoms with Gasteiger partial charge >= 0.3 is 5.69 Å². The normalized spacial score (nSPS) is 34.2. The molecular formula is C9H12N2O5. The molecule has 1 aromatic heterocycles. The summed E-state index contributed by atoms with van der Waals surface area (Å²) in [7, 11) is 0. The number of rotatable bonds is 1. The van der Waals surface area contributed by atoms with Gasteiger partial charge in [-0.25, -0.2) is 4.79 Å². The summed E-state index contributed by atoms with van der Waals surface area (Å²) in [5.41, 5.74) is -1.20. The van der Waals surface area contributed by atoms with Crippen molar-refractivity contribution in [3.05, 3.63) is 33.1 Å². The molecule has 7 heteroatoms. The van der Waals surface area contributed by atoms with Crippen molar-refractivity contribution in [1.29, 1.82) is 0 Å². The Balaban J connectivity index is 2.39. The van der Waals surface area contributed by atoms with Gasteiger partial charge in [-0.2, -0.15) is 0 Å². The molecule has 1 fully saturated rings. The fraction of sp³-hybridized carbons (Fsp3) is 0.556. The topological polar surface area (TPSA) is 116 Å². The summed E-state index contributed by atoms with van der Waals surface area (Å²) in [5.74, 6) is 0. The molecule has 0 bridgehead atoms. The lowest BCUT2D eigenvalue weighted by atomic mass is 10.2. The molecule has 0 spiro atoms. The molecule has 0 unspecified atom stereocenters. The highest BCUT2D eigenvalue weighted by molar-refractivity contribution is 4.97. The first-order valence-electron chi connectivity index (χ1n) is 4.86. The van der Waals surface area contributed by atoms with Gasteiger partial charge in [-0.05, 0) is 6.42 Å². The van der Waals surface area contributed by atoms with Crippen LogP contribution < -0.4 is 11.2 Å². The highest BCUT2D eigenvalue weighted by atomic mass is 16.4. The van der Waals surface area contributed by atoms with Crippen LogP contribution in [0.25, 0.3) is 0 Å². The van der Waals surface area contributed by atoms with Crippen LogP contribution >= 0.6 is 0 Å². The lowest BCUT2D eigenvalue weighted by Gasteiger charge is -2.17. The summed E-state index contributed by atoms with van der Waals surface area (Å²) in [4.78, 5) is 24.3. The number of hydrogen-bond donors (Lipinski definition) is 4. The third-order valence-electron chi connectivity index (χ3n) is 2.83. The third kappa shape index (κ3) is 1.69. The summed E-state index contributed by atoms with van der Waals surface area (Å²) in [6, 6.07) is 0.417. The fourth-order valence-corrected chi connectivity index (χ4v) is 1.95. The van der Waals surface area contributed by atoms with Crippen molar-refractivity contribution in [2.45, 2.75) is 30.8 Å². The van der Waals surface area contributed by atoms with Crippen molar-refractivity contribution in [1.82, 2.24) is 9.55 Å². The van der Waals surface area contributed by atoms with E-state index in [1.807, 2.05) is 4.98 Å². The van der Waals surface area contributed by atoms with E-state index >= 15 is 0 Å². The second-order valence-corrected chi connectivity index (χ2v) is 3.87. The number of nitrogens with zero attached hydrogens (tertiary/aromatic N) is 1. The average molecular weight is 228 g/mol. The Labute approximate surface area is 89.6 Å². The van der Waals surface area contributed by atoms with Gasteiger partial charge in [0.1, 0.15) is 12.2 Å². The molecule has 1 saturated carbocycles. The van der Waals surface area contributed by atoms with E-state index in [2.05, 4.69) is 0 Å². The molecule has 16 heavy (non-hydrogen) atoms. The molecule has 1 aromatic rings. The van der Waals surface area contributed by atoms with Gasteiger partial charge < -0.3 is 15.3 Å². The number of hydrogen-bond acceptors (Lipinski definition) is 5. The van der Waals surface area contributed by atoms with E-state index in [1.54, 1.807) is 0 Å². The van der Waals surface area contributed by atoms with Crippen LogP contribution in [0.2, 0.25) is 0 Å². The Bertz CT molecular complexity index is 493. The number of aromatic nitrogens is 2. The predicted molar refractivity (Wildman–Crippen MR) is 53.0 cm³/mol. The minimum Gasteiger partial charge on any atom is -0.390 e. The summed E-state index contributed by atoms with van der Waals surface area (Å²) < 4.78 is 1.10. The SMILES string of the molecule is O=c1ccn([C@H]2C[C@@H](O)[C@H](O)[C@@H]2O)c(=O)[nH]1. The lowest BCUT2D eigenvalue weighted by molar-refractivity contribution is -0.0249.